The summed E-state index contributed by atoms with van der Waals surface area (Å²) < 4.78 is 52.2. The molecular weight excluding hydrogens is 306 g/mol. The van der Waals surface area contributed by atoms with Crippen molar-refractivity contribution < 1.29 is 27.1 Å². The normalized spacial score (nSPS) is 11.1. The number of benzene rings is 1. The number of hydrogen-bond acceptors (Lipinski definition) is 4. The van der Waals surface area contributed by atoms with Gasteiger partial charge in [0.15, 0.2) is 5.82 Å². The van der Waals surface area contributed by atoms with Gasteiger partial charge in [-0.25, -0.2) is 27.0 Å². The predicted octanol–water partition coefficient (Wildman–Crippen LogP) is 1.86. The molecule has 0 saturated carbocycles. The molecule has 21 heavy (non-hydrogen) atoms. The van der Waals surface area contributed by atoms with Crippen molar-refractivity contribution >= 4 is 21.8 Å². The average molecular weight is 314 g/mol. The molecule has 2 aromatic rings. The van der Waals surface area contributed by atoms with Gasteiger partial charge in [0, 0.05) is 12.3 Å². The van der Waals surface area contributed by atoms with Crippen LogP contribution in [0.4, 0.5) is 14.6 Å². The monoisotopic (exact) mass is 314 g/mol. The Labute approximate surface area is 118 Å². The Hall–Kier alpha value is -2.55. The number of halogens is 2. The van der Waals surface area contributed by atoms with Gasteiger partial charge in [0.25, 0.3) is 10.0 Å². The fraction of sp³-hybridized carbons (Fsp3) is 0. The third-order valence-corrected chi connectivity index (χ3v) is 3.82. The van der Waals surface area contributed by atoms with E-state index < -0.39 is 43.9 Å². The van der Waals surface area contributed by atoms with E-state index in [4.69, 9.17) is 5.11 Å². The average Bonchev–Trinajstić information content (AvgIpc) is 2.37. The summed E-state index contributed by atoms with van der Waals surface area (Å²) >= 11 is 0. The van der Waals surface area contributed by atoms with Crippen LogP contribution in [0.1, 0.15) is 10.4 Å². The highest BCUT2D eigenvalue weighted by atomic mass is 32.2. The Balaban J connectivity index is 2.45. The number of nitrogens with one attached hydrogen (secondary N) is 1. The van der Waals surface area contributed by atoms with Gasteiger partial charge in [0.05, 0.1) is 0 Å². The summed E-state index contributed by atoms with van der Waals surface area (Å²) in [5.74, 6) is -4.10. The summed E-state index contributed by atoms with van der Waals surface area (Å²) in [5, 5.41) is 8.93. The van der Waals surface area contributed by atoms with Gasteiger partial charge in [0.2, 0.25) is 0 Å². The van der Waals surface area contributed by atoms with Crippen LogP contribution in [0.15, 0.2) is 41.4 Å². The van der Waals surface area contributed by atoms with Gasteiger partial charge in [-0.05, 0) is 24.3 Å². The molecule has 6 nitrogen and oxygen atoms in total. The molecule has 9 heteroatoms. The summed E-state index contributed by atoms with van der Waals surface area (Å²) in [6, 6.07) is 4.35. The SMILES string of the molecule is O=C(O)c1cccnc1NS(=O)(=O)c1ccc(F)cc1F. The van der Waals surface area contributed by atoms with Crippen LogP contribution in [0.25, 0.3) is 0 Å². The standard InChI is InChI=1S/C12H8F2N2O4S/c13-7-3-4-10(9(14)6-7)21(19,20)16-11-8(12(17)18)2-1-5-15-11/h1-6H,(H,15,16)(H,17,18). The van der Waals surface area contributed by atoms with Crippen molar-refractivity contribution in [1.82, 2.24) is 4.98 Å². The molecule has 0 bridgehead atoms. The molecule has 0 unspecified atom stereocenters. The fourth-order valence-corrected chi connectivity index (χ4v) is 2.62. The van der Waals surface area contributed by atoms with Crippen LogP contribution < -0.4 is 4.72 Å². The zero-order valence-corrected chi connectivity index (χ0v) is 11.1. The number of hydrogen-bond donors (Lipinski definition) is 2. The highest BCUT2D eigenvalue weighted by molar-refractivity contribution is 7.92. The molecule has 2 rings (SSSR count). The number of rotatable bonds is 4. The van der Waals surface area contributed by atoms with Gasteiger partial charge < -0.3 is 5.11 Å². The first-order valence-corrected chi connectivity index (χ1v) is 6.96. The van der Waals surface area contributed by atoms with Crippen molar-refractivity contribution in [3.63, 3.8) is 0 Å². The zero-order valence-electron chi connectivity index (χ0n) is 10.2. The van der Waals surface area contributed by atoms with Gasteiger partial charge >= 0.3 is 5.97 Å². The minimum Gasteiger partial charge on any atom is -0.478 e. The number of anilines is 1. The number of carbonyl (C=O) groups is 1. The summed E-state index contributed by atoms with van der Waals surface area (Å²) in [5.41, 5.74) is -0.399. The first kappa shape index (κ1) is 14.9. The maximum absolute atomic E-state index is 13.5. The minimum absolute atomic E-state index is 0.399. The first-order valence-electron chi connectivity index (χ1n) is 5.47. The molecule has 0 aliphatic heterocycles. The second kappa shape index (κ2) is 5.44. The van der Waals surface area contributed by atoms with Crippen molar-refractivity contribution in [3.8, 4) is 0 Å². The van der Waals surface area contributed by atoms with Crippen molar-refractivity contribution in [2.75, 3.05) is 4.72 Å². The van der Waals surface area contributed by atoms with E-state index >= 15 is 0 Å². The molecule has 0 saturated heterocycles. The maximum Gasteiger partial charge on any atom is 0.339 e. The molecule has 0 aliphatic carbocycles. The Morgan fingerprint density at radius 2 is 1.95 bits per heavy atom. The second-order valence-electron chi connectivity index (χ2n) is 3.88. The Kier molecular flexibility index (Phi) is 3.85. The zero-order chi connectivity index (χ0) is 15.6. The lowest BCUT2D eigenvalue weighted by atomic mass is 10.3. The van der Waals surface area contributed by atoms with E-state index in [2.05, 4.69) is 4.98 Å². The smallest absolute Gasteiger partial charge is 0.339 e. The topological polar surface area (TPSA) is 96.4 Å². The van der Waals surface area contributed by atoms with E-state index in [1.807, 2.05) is 4.72 Å². The molecule has 110 valence electrons. The predicted molar refractivity (Wildman–Crippen MR) is 68.4 cm³/mol. The number of carboxylic acid groups (broad SMARTS) is 1. The number of aromatic nitrogens is 1. The molecule has 0 atom stereocenters. The molecule has 0 fully saturated rings. The number of nitrogens with zero attached hydrogens (tertiary/aromatic N) is 1. The third kappa shape index (κ3) is 3.14. The molecule has 2 N–H and O–H groups in total. The number of carboxylic acids is 1. The highest BCUT2D eigenvalue weighted by Gasteiger charge is 2.22. The van der Waals surface area contributed by atoms with E-state index in [1.54, 1.807) is 0 Å². The number of aromatic carboxylic acids is 1. The molecule has 0 aliphatic rings. The van der Waals surface area contributed by atoms with Crippen LogP contribution >= 0.6 is 0 Å². The molecule has 1 aromatic carbocycles. The van der Waals surface area contributed by atoms with E-state index in [9.17, 15) is 22.0 Å². The van der Waals surface area contributed by atoms with E-state index in [0.29, 0.717) is 6.07 Å². The van der Waals surface area contributed by atoms with E-state index in [0.717, 1.165) is 18.2 Å². The van der Waals surface area contributed by atoms with E-state index in [-0.39, 0.29) is 0 Å². The second-order valence-corrected chi connectivity index (χ2v) is 5.54. The first-order chi connectivity index (χ1) is 9.81. The summed E-state index contributed by atoms with van der Waals surface area (Å²) in [7, 11) is -4.43. The highest BCUT2D eigenvalue weighted by Crippen LogP contribution is 2.20. The molecule has 1 heterocycles. The molecular formula is C12H8F2N2O4S. The van der Waals surface area contributed by atoms with Crippen LogP contribution in [-0.4, -0.2) is 24.5 Å². The van der Waals surface area contributed by atoms with Crippen molar-refractivity contribution in [1.29, 1.82) is 0 Å². The molecule has 0 amide bonds. The lowest BCUT2D eigenvalue weighted by Gasteiger charge is -2.10. The van der Waals surface area contributed by atoms with Crippen molar-refractivity contribution in [2.45, 2.75) is 4.90 Å². The molecule has 1 aromatic heterocycles. The summed E-state index contributed by atoms with van der Waals surface area (Å²) in [6.45, 7) is 0. The van der Waals surface area contributed by atoms with Crippen molar-refractivity contribution in [2.24, 2.45) is 0 Å². The number of pyridine rings is 1. The van der Waals surface area contributed by atoms with Gasteiger partial charge in [-0.15, -0.1) is 0 Å². The quantitative estimate of drug-likeness (QED) is 0.898. The van der Waals surface area contributed by atoms with Gasteiger partial charge in [-0.1, -0.05) is 0 Å². The van der Waals surface area contributed by atoms with Gasteiger partial charge in [0.1, 0.15) is 22.1 Å². The Bertz CT molecular complexity index is 809. The summed E-state index contributed by atoms with van der Waals surface area (Å²) in [4.78, 5) is 13.7. The maximum atomic E-state index is 13.5. The number of sulfonamides is 1. The summed E-state index contributed by atoms with van der Waals surface area (Å²) in [6.07, 6.45) is 1.17. The van der Waals surface area contributed by atoms with Crippen LogP contribution in [0, 0.1) is 11.6 Å². The largest absolute Gasteiger partial charge is 0.478 e. The molecule has 0 radical (unpaired) electrons. The van der Waals surface area contributed by atoms with Crippen molar-refractivity contribution in [3.05, 3.63) is 53.7 Å². The van der Waals surface area contributed by atoms with Crippen LogP contribution in [0.5, 0.6) is 0 Å². The minimum atomic E-state index is -4.43. The van der Waals surface area contributed by atoms with E-state index in [1.165, 1.54) is 12.3 Å². The van der Waals surface area contributed by atoms with Crippen LogP contribution in [0.2, 0.25) is 0 Å². The van der Waals surface area contributed by atoms with Gasteiger partial charge in [-0.2, -0.15) is 0 Å². The van der Waals surface area contributed by atoms with Crippen LogP contribution in [-0.2, 0) is 10.0 Å². The van der Waals surface area contributed by atoms with Crippen LogP contribution in [0.3, 0.4) is 0 Å². The lowest BCUT2D eigenvalue weighted by Crippen LogP contribution is -2.18. The fourth-order valence-electron chi connectivity index (χ4n) is 1.53. The Morgan fingerprint density at radius 1 is 1.24 bits per heavy atom. The lowest BCUT2D eigenvalue weighted by molar-refractivity contribution is 0.0697. The Morgan fingerprint density at radius 3 is 2.57 bits per heavy atom. The third-order valence-electron chi connectivity index (χ3n) is 2.45. The molecule has 0 spiro atoms. The van der Waals surface area contributed by atoms with Gasteiger partial charge in [-0.3, -0.25) is 4.72 Å².